The number of alkyl halides is 3. The molecule has 3 aliphatic heterocycles. The Hall–Kier alpha value is -7.80. The first-order valence-electron chi connectivity index (χ1n) is 27.2. The average molecular weight is 1130 g/mol. The maximum Gasteiger partial charge on any atom is 0.490 e. The number of halogens is 3. The predicted molar refractivity (Wildman–Crippen MR) is 291 cm³/mol. The van der Waals surface area contributed by atoms with E-state index in [0.29, 0.717) is 93.8 Å². The minimum atomic E-state index is -5.08. The van der Waals surface area contributed by atoms with Crippen LogP contribution < -0.4 is 31.3 Å². The number of fused-ring (bicyclic) bond motifs is 1. The lowest BCUT2D eigenvalue weighted by Crippen LogP contribution is -2.52. The molecule has 5 heterocycles. The number of benzene rings is 3. The monoisotopic (exact) mass is 1130 g/mol. The summed E-state index contributed by atoms with van der Waals surface area (Å²) in [5, 5.41) is 31.6. The SMILES string of the molecule is O=C(O)C(F)(F)F.O=C1CCC(N2Cc3c(NC(=O)CCCCCOCCOCCOCCCCCCOc4cccc(CNC(=O)c5cccc(NC6(c7nnc(-c8ccncc8)[nH]7)CCNCC6)c5)c4)cccc3C2=O)C(=O)N1. The number of carboxylic acid groups (broad SMARTS) is 1. The van der Waals surface area contributed by atoms with Gasteiger partial charge >= 0.3 is 12.1 Å². The van der Waals surface area contributed by atoms with Crippen molar-refractivity contribution in [1.82, 2.24) is 41.0 Å². The lowest BCUT2D eigenvalue weighted by Gasteiger charge is -2.37. The molecule has 81 heavy (non-hydrogen) atoms. The quantitative estimate of drug-likeness (QED) is 0.0186. The van der Waals surface area contributed by atoms with E-state index in [-0.39, 0.29) is 43.0 Å². The van der Waals surface area contributed by atoms with Crippen LogP contribution >= 0.6 is 0 Å². The highest BCUT2D eigenvalue weighted by molar-refractivity contribution is 6.07. The zero-order valence-electron chi connectivity index (χ0n) is 45.0. The molecule has 0 radical (unpaired) electrons. The molecule has 0 bridgehead atoms. The summed E-state index contributed by atoms with van der Waals surface area (Å²) < 4.78 is 54.9. The smallest absolute Gasteiger partial charge is 0.490 e. The van der Waals surface area contributed by atoms with Gasteiger partial charge in [0.1, 0.15) is 11.8 Å². The van der Waals surface area contributed by atoms with Gasteiger partial charge in [-0.15, -0.1) is 10.2 Å². The second kappa shape index (κ2) is 30.7. The van der Waals surface area contributed by atoms with Crippen molar-refractivity contribution in [3.8, 4) is 17.1 Å². The van der Waals surface area contributed by atoms with Gasteiger partial charge < -0.3 is 55.2 Å². The Morgan fingerprint density at radius 2 is 1.44 bits per heavy atom. The van der Waals surface area contributed by atoms with Crippen molar-refractivity contribution < 1.29 is 66.0 Å². The molecule has 7 N–H and O–H groups in total. The van der Waals surface area contributed by atoms with Gasteiger partial charge in [0.15, 0.2) is 11.6 Å². The van der Waals surface area contributed by atoms with E-state index < -0.39 is 29.6 Å². The predicted octanol–water partition coefficient (Wildman–Crippen LogP) is 7.07. The van der Waals surface area contributed by atoms with Crippen molar-refractivity contribution in [1.29, 1.82) is 0 Å². The van der Waals surface area contributed by atoms with Crippen LogP contribution in [0.5, 0.6) is 5.75 Å². The summed E-state index contributed by atoms with van der Waals surface area (Å²) in [5.41, 5.74) is 4.51. The molecule has 2 saturated heterocycles. The van der Waals surface area contributed by atoms with Crippen molar-refractivity contribution >= 4 is 46.9 Å². The summed E-state index contributed by atoms with van der Waals surface area (Å²) >= 11 is 0. The van der Waals surface area contributed by atoms with Crippen molar-refractivity contribution in [2.75, 3.05) is 70.0 Å². The third-order valence-corrected chi connectivity index (χ3v) is 13.7. The number of rotatable bonds is 29. The molecule has 8 rings (SSSR count). The summed E-state index contributed by atoms with van der Waals surface area (Å²) in [4.78, 5) is 81.1. The van der Waals surface area contributed by atoms with Crippen molar-refractivity contribution in [3.63, 3.8) is 0 Å². The number of amides is 5. The third-order valence-electron chi connectivity index (χ3n) is 13.7. The third kappa shape index (κ3) is 18.6. The molecule has 5 aromatic rings. The van der Waals surface area contributed by atoms with Crippen molar-refractivity contribution in [2.45, 2.75) is 108 Å². The normalized spacial score (nSPS) is 15.7. The molecule has 0 spiro atoms. The second-order valence-electron chi connectivity index (χ2n) is 19.6. The highest BCUT2D eigenvalue weighted by Crippen LogP contribution is 2.35. The molecule has 0 aliphatic carbocycles. The molecule has 434 valence electrons. The van der Waals surface area contributed by atoms with Gasteiger partial charge in [-0.3, -0.25) is 34.3 Å². The molecule has 2 fully saturated rings. The number of carboxylic acids is 1. The number of nitrogens with zero attached hydrogens (tertiary/aromatic N) is 4. The van der Waals surface area contributed by atoms with Gasteiger partial charge in [0.2, 0.25) is 17.7 Å². The number of ether oxygens (including phenoxy) is 4. The van der Waals surface area contributed by atoms with Crippen LogP contribution in [0.2, 0.25) is 0 Å². The van der Waals surface area contributed by atoms with Crippen molar-refractivity contribution in [2.24, 2.45) is 0 Å². The van der Waals surface area contributed by atoms with E-state index in [2.05, 4.69) is 46.7 Å². The molecule has 3 aromatic carbocycles. The van der Waals surface area contributed by atoms with Crippen LogP contribution in [0, 0.1) is 0 Å². The number of anilines is 2. The lowest BCUT2D eigenvalue weighted by molar-refractivity contribution is -0.192. The number of nitrogens with one attached hydrogen (secondary N) is 6. The number of hydrogen-bond acceptors (Lipinski definition) is 15. The number of piperidine rings is 2. The van der Waals surface area contributed by atoms with Gasteiger partial charge in [0, 0.05) is 85.2 Å². The molecular formula is C57H69F3N10O11. The van der Waals surface area contributed by atoms with Crippen LogP contribution in [0.4, 0.5) is 24.5 Å². The van der Waals surface area contributed by atoms with E-state index in [4.69, 9.17) is 28.8 Å². The number of pyridine rings is 1. The standard InChI is InChI=1S/C55H68N10O9.C2HF3O2/c66-48(59-46-16-10-15-44-45(46)38-65(53(44)70)47-18-19-49(67)60-52(47)69)17-4-3-6-29-72-32-34-73-33-31-71-28-5-1-2-7-30-74-43-14-8-11-39(35-43)37-58-51(68)41-12-9-13-42(36-41)62-55(22-26-57-27-23-55)54-61-50(63-64-54)40-20-24-56-25-21-40;3-2(4,5)1(6)7/h8-16,20-21,24-25,35-36,47,57,62H,1-7,17-19,22-23,26-34,37-38H2,(H,58,68)(H,59,66)(H,60,67,69)(H,61,63,64);(H,6,7). The first kappa shape index (κ1) is 60.8. The Bertz CT molecular complexity index is 2890. The Labute approximate surface area is 466 Å². The Morgan fingerprint density at radius 3 is 2.15 bits per heavy atom. The second-order valence-corrected chi connectivity index (χ2v) is 19.6. The molecule has 1 unspecified atom stereocenters. The van der Waals surface area contributed by atoms with E-state index in [1.165, 1.54) is 4.90 Å². The molecule has 0 saturated carbocycles. The summed E-state index contributed by atoms with van der Waals surface area (Å²) in [6, 6.07) is 23.7. The van der Waals surface area contributed by atoms with Gasteiger partial charge in [0.25, 0.3) is 11.8 Å². The highest BCUT2D eigenvalue weighted by atomic mass is 19.4. The number of aliphatic carboxylic acids is 1. The van der Waals surface area contributed by atoms with Crippen molar-refractivity contribution in [3.05, 3.63) is 119 Å². The minimum Gasteiger partial charge on any atom is -0.494 e. The van der Waals surface area contributed by atoms with E-state index in [9.17, 15) is 37.1 Å². The number of hydrogen-bond donors (Lipinski definition) is 7. The van der Waals surface area contributed by atoms with Gasteiger partial charge in [-0.1, -0.05) is 37.1 Å². The van der Waals surface area contributed by atoms with Crippen LogP contribution in [0.3, 0.4) is 0 Å². The molecule has 24 heteroatoms. The number of aromatic amines is 1. The largest absolute Gasteiger partial charge is 0.494 e. The topological polar surface area (TPSA) is 277 Å². The lowest BCUT2D eigenvalue weighted by atomic mass is 9.87. The van der Waals surface area contributed by atoms with Crippen LogP contribution in [-0.4, -0.2) is 137 Å². The molecule has 1 atom stereocenters. The Morgan fingerprint density at radius 1 is 0.778 bits per heavy atom. The molecule has 5 amide bonds. The van der Waals surface area contributed by atoms with Crippen LogP contribution in [0.25, 0.3) is 11.4 Å². The highest BCUT2D eigenvalue weighted by Gasteiger charge is 2.41. The summed E-state index contributed by atoms with van der Waals surface area (Å²) in [5.74, 6) is -1.90. The molecular weight excluding hydrogens is 1060 g/mol. The Kier molecular flexibility index (Phi) is 23.1. The van der Waals surface area contributed by atoms with Gasteiger partial charge in [-0.2, -0.15) is 13.2 Å². The number of carbonyl (C=O) groups is 6. The van der Waals surface area contributed by atoms with Crippen LogP contribution in [-0.2, 0) is 52.0 Å². The number of H-pyrrole nitrogens is 1. The fraction of sp³-hybridized carbons (Fsp3) is 0.456. The number of aromatic nitrogens is 4. The summed E-state index contributed by atoms with van der Waals surface area (Å²) in [6.45, 7) is 6.11. The van der Waals surface area contributed by atoms with E-state index in [1.54, 1.807) is 30.6 Å². The van der Waals surface area contributed by atoms with Crippen LogP contribution in [0.15, 0.2) is 91.3 Å². The fourth-order valence-electron chi connectivity index (χ4n) is 9.41. The zero-order valence-corrected chi connectivity index (χ0v) is 45.0. The van der Waals surface area contributed by atoms with Gasteiger partial charge in [-0.25, -0.2) is 4.79 Å². The van der Waals surface area contributed by atoms with Crippen LogP contribution in [0.1, 0.15) is 115 Å². The summed E-state index contributed by atoms with van der Waals surface area (Å²) in [7, 11) is 0. The first-order valence-corrected chi connectivity index (χ1v) is 27.2. The van der Waals surface area contributed by atoms with E-state index in [1.807, 2.05) is 60.7 Å². The number of carbonyl (C=O) groups excluding carboxylic acids is 5. The minimum absolute atomic E-state index is 0.135. The van der Waals surface area contributed by atoms with Gasteiger partial charge in [0.05, 0.1) is 38.6 Å². The molecule has 3 aliphatic rings. The maximum atomic E-state index is 13.4. The molecule has 21 nitrogen and oxygen atoms in total. The summed E-state index contributed by atoms with van der Waals surface area (Å²) in [6.07, 6.45) is 7.11. The fourth-order valence-corrected chi connectivity index (χ4v) is 9.41. The first-order chi connectivity index (χ1) is 39.2. The van der Waals surface area contributed by atoms with Gasteiger partial charge in [-0.05, 0) is 125 Å². The average Bonchev–Trinajstić information content (AvgIpc) is 4.17. The Balaban J connectivity index is 0.00000127. The maximum absolute atomic E-state index is 13.4. The zero-order chi connectivity index (χ0) is 57.5. The number of imide groups is 1. The molecule has 2 aromatic heterocycles. The van der Waals surface area contributed by atoms with E-state index in [0.717, 1.165) is 92.8 Å². The van der Waals surface area contributed by atoms with E-state index >= 15 is 0 Å². The number of unbranched alkanes of at least 4 members (excludes halogenated alkanes) is 5.